The minimum absolute atomic E-state index is 0.0782. The van der Waals surface area contributed by atoms with E-state index in [9.17, 15) is 0 Å². The van der Waals surface area contributed by atoms with Crippen LogP contribution in [0, 0.1) is 17.8 Å². The van der Waals surface area contributed by atoms with Gasteiger partial charge in [0.25, 0.3) is 0 Å². The molecule has 1 aliphatic rings. The summed E-state index contributed by atoms with van der Waals surface area (Å²) in [6.45, 7) is 1.38. The smallest absolute Gasteiger partial charge is 0.0717 e. The quantitative estimate of drug-likeness (QED) is 0.657. The van der Waals surface area contributed by atoms with Gasteiger partial charge in [0.05, 0.1) is 18.6 Å². The summed E-state index contributed by atoms with van der Waals surface area (Å²) in [5, 5.41) is 0. The molecule has 0 N–H and O–H groups in total. The molecule has 2 rings (SSSR count). The summed E-state index contributed by atoms with van der Waals surface area (Å²) in [4.78, 5) is 0. The Balaban J connectivity index is 1.77. The molecule has 0 saturated heterocycles. The first-order valence-electron chi connectivity index (χ1n) is 4.94. The van der Waals surface area contributed by atoms with Crippen LogP contribution in [-0.4, -0.2) is 6.61 Å². The molecule has 0 spiro atoms. The van der Waals surface area contributed by atoms with Crippen molar-refractivity contribution in [3.05, 3.63) is 35.9 Å². The Labute approximate surface area is 85.1 Å². The maximum absolute atomic E-state index is 5.60. The highest BCUT2D eigenvalue weighted by Gasteiger charge is 2.40. The predicted molar refractivity (Wildman–Crippen MR) is 56.6 cm³/mol. The Morgan fingerprint density at radius 1 is 1.29 bits per heavy atom. The Kier molecular flexibility index (Phi) is 2.56. The van der Waals surface area contributed by atoms with Gasteiger partial charge in [0.2, 0.25) is 0 Å². The minimum Gasteiger partial charge on any atom is -0.375 e. The Bertz CT molecular complexity index is 330. The Morgan fingerprint density at radius 2 is 2.00 bits per heavy atom. The van der Waals surface area contributed by atoms with E-state index >= 15 is 0 Å². The minimum atomic E-state index is 0.0782. The molecule has 0 bridgehead atoms. The van der Waals surface area contributed by atoms with Crippen LogP contribution in [0.3, 0.4) is 0 Å². The standard InChI is InChI=1S/C13H14O/c1-2-13(8-9-13)11-14-10-12-6-4-3-5-7-12/h1,3-7H,8-11H2. The third kappa shape index (κ3) is 2.16. The van der Waals surface area contributed by atoms with Crippen molar-refractivity contribution in [3.8, 4) is 12.3 Å². The summed E-state index contributed by atoms with van der Waals surface area (Å²) in [6, 6.07) is 10.2. The van der Waals surface area contributed by atoms with Crippen LogP contribution >= 0.6 is 0 Å². The molecular weight excluding hydrogens is 172 g/mol. The topological polar surface area (TPSA) is 9.23 Å². The van der Waals surface area contributed by atoms with Gasteiger partial charge < -0.3 is 4.74 Å². The van der Waals surface area contributed by atoms with E-state index < -0.39 is 0 Å². The summed E-state index contributed by atoms with van der Waals surface area (Å²) in [7, 11) is 0. The molecule has 0 amide bonds. The number of hydrogen-bond acceptors (Lipinski definition) is 1. The predicted octanol–water partition coefficient (Wildman–Crippen LogP) is 2.62. The van der Waals surface area contributed by atoms with Crippen LogP contribution in [0.5, 0.6) is 0 Å². The summed E-state index contributed by atoms with van der Waals surface area (Å²) in [5.74, 6) is 2.81. The SMILES string of the molecule is C#CC1(COCc2ccccc2)CC1. The third-order valence-electron chi connectivity index (χ3n) is 2.65. The van der Waals surface area contributed by atoms with Gasteiger partial charge in [-0.25, -0.2) is 0 Å². The number of benzene rings is 1. The lowest BCUT2D eigenvalue weighted by atomic mass is 10.1. The van der Waals surface area contributed by atoms with Gasteiger partial charge in [-0.2, -0.15) is 0 Å². The fourth-order valence-electron chi connectivity index (χ4n) is 1.42. The van der Waals surface area contributed by atoms with E-state index in [4.69, 9.17) is 11.2 Å². The molecular formula is C13H14O. The van der Waals surface area contributed by atoms with Gasteiger partial charge >= 0.3 is 0 Å². The maximum Gasteiger partial charge on any atom is 0.0717 e. The highest BCUT2D eigenvalue weighted by Crippen LogP contribution is 2.45. The lowest BCUT2D eigenvalue weighted by Gasteiger charge is -2.08. The highest BCUT2D eigenvalue weighted by atomic mass is 16.5. The molecule has 1 aromatic rings. The molecule has 1 fully saturated rings. The molecule has 0 aliphatic heterocycles. The van der Waals surface area contributed by atoms with Crippen molar-refractivity contribution in [2.75, 3.05) is 6.61 Å². The maximum atomic E-state index is 5.60. The van der Waals surface area contributed by atoms with Crippen molar-refractivity contribution in [2.45, 2.75) is 19.4 Å². The van der Waals surface area contributed by atoms with E-state index in [1.54, 1.807) is 0 Å². The monoisotopic (exact) mass is 186 g/mol. The van der Waals surface area contributed by atoms with E-state index in [0.29, 0.717) is 13.2 Å². The van der Waals surface area contributed by atoms with Crippen molar-refractivity contribution in [2.24, 2.45) is 5.41 Å². The highest BCUT2D eigenvalue weighted by molar-refractivity contribution is 5.16. The first-order chi connectivity index (χ1) is 6.85. The molecule has 0 heterocycles. The lowest BCUT2D eigenvalue weighted by molar-refractivity contribution is 0.0953. The fraction of sp³-hybridized carbons (Fsp3) is 0.385. The molecule has 0 atom stereocenters. The Hall–Kier alpha value is -1.26. The number of hydrogen-bond donors (Lipinski definition) is 0. The third-order valence-corrected chi connectivity index (χ3v) is 2.65. The van der Waals surface area contributed by atoms with Gasteiger partial charge in [-0.3, -0.25) is 0 Å². The number of terminal acetylenes is 1. The average Bonchev–Trinajstić information content (AvgIpc) is 3.00. The van der Waals surface area contributed by atoms with Crippen molar-refractivity contribution in [1.29, 1.82) is 0 Å². The van der Waals surface area contributed by atoms with Crippen molar-refractivity contribution in [3.63, 3.8) is 0 Å². The lowest BCUT2D eigenvalue weighted by Crippen LogP contribution is -2.07. The molecule has 1 aliphatic carbocycles. The van der Waals surface area contributed by atoms with Crippen molar-refractivity contribution < 1.29 is 4.74 Å². The van der Waals surface area contributed by atoms with E-state index in [1.807, 2.05) is 18.2 Å². The largest absolute Gasteiger partial charge is 0.375 e. The molecule has 0 unspecified atom stereocenters. The van der Waals surface area contributed by atoms with Crippen LogP contribution in [-0.2, 0) is 11.3 Å². The Morgan fingerprint density at radius 3 is 2.57 bits per heavy atom. The fourth-order valence-corrected chi connectivity index (χ4v) is 1.42. The van der Waals surface area contributed by atoms with Crippen LogP contribution < -0.4 is 0 Å². The van der Waals surface area contributed by atoms with Gasteiger partial charge in [-0.05, 0) is 18.4 Å². The molecule has 1 saturated carbocycles. The summed E-state index contributed by atoms with van der Waals surface area (Å²) < 4.78 is 5.60. The summed E-state index contributed by atoms with van der Waals surface area (Å²) in [5.41, 5.74) is 1.29. The summed E-state index contributed by atoms with van der Waals surface area (Å²) in [6.07, 6.45) is 7.66. The van der Waals surface area contributed by atoms with Gasteiger partial charge in [0.1, 0.15) is 0 Å². The van der Waals surface area contributed by atoms with Crippen molar-refractivity contribution in [1.82, 2.24) is 0 Å². The van der Waals surface area contributed by atoms with E-state index in [1.165, 1.54) is 5.56 Å². The van der Waals surface area contributed by atoms with Gasteiger partial charge in [0, 0.05) is 0 Å². The number of rotatable bonds is 4. The summed E-state index contributed by atoms with van der Waals surface area (Å²) >= 11 is 0. The van der Waals surface area contributed by atoms with E-state index in [-0.39, 0.29) is 5.41 Å². The molecule has 0 aromatic heterocycles. The zero-order valence-corrected chi connectivity index (χ0v) is 8.20. The molecule has 1 aromatic carbocycles. The van der Waals surface area contributed by atoms with Crippen LogP contribution in [0.1, 0.15) is 18.4 Å². The molecule has 72 valence electrons. The molecule has 1 heteroatoms. The normalized spacial score (nSPS) is 17.4. The molecule has 14 heavy (non-hydrogen) atoms. The van der Waals surface area contributed by atoms with Crippen LogP contribution in [0.2, 0.25) is 0 Å². The second-order valence-electron chi connectivity index (χ2n) is 3.90. The molecule has 1 nitrogen and oxygen atoms in total. The zero-order valence-electron chi connectivity index (χ0n) is 8.20. The van der Waals surface area contributed by atoms with Crippen LogP contribution in [0.25, 0.3) is 0 Å². The first-order valence-corrected chi connectivity index (χ1v) is 4.94. The zero-order chi connectivity index (χ0) is 9.86. The average molecular weight is 186 g/mol. The van der Waals surface area contributed by atoms with Crippen LogP contribution in [0.15, 0.2) is 30.3 Å². The second kappa shape index (κ2) is 3.86. The second-order valence-corrected chi connectivity index (χ2v) is 3.90. The van der Waals surface area contributed by atoms with Gasteiger partial charge in [-0.15, -0.1) is 6.42 Å². The van der Waals surface area contributed by atoms with E-state index in [0.717, 1.165) is 12.8 Å². The van der Waals surface area contributed by atoms with Crippen molar-refractivity contribution >= 4 is 0 Å². The van der Waals surface area contributed by atoms with Gasteiger partial charge in [0.15, 0.2) is 0 Å². The molecule has 0 radical (unpaired) electrons. The van der Waals surface area contributed by atoms with Crippen LogP contribution in [0.4, 0.5) is 0 Å². The first kappa shape index (κ1) is 9.30. The van der Waals surface area contributed by atoms with E-state index in [2.05, 4.69) is 18.1 Å². The van der Waals surface area contributed by atoms with Gasteiger partial charge in [-0.1, -0.05) is 36.3 Å². The number of ether oxygens (including phenoxy) is 1.